The summed E-state index contributed by atoms with van der Waals surface area (Å²) in [6.45, 7) is 6.23. The van der Waals surface area contributed by atoms with Gasteiger partial charge in [-0.1, -0.05) is 18.5 Å². The molecular formula is C14H21ClN2O2. The molecule has 5 heteroatoms. The number of likely N-dealkylation sites (N-methyl/N-ethyl adjacent to an activating group) is 1. The van der Waals surface area contributed by atoms with Gasteiger partial charge in [0.15, 0.2) is 6.61 Å². The normalized spacial score (nSPS) is 10.3. The molecule has 0 fully saturated rings. The first-order valence-corrected chi connectivity index (χ1v) is 6.93. The lowest BCUT2D eigenvalue weighted by atomic mass is 10.2. The molecule has 0 saturated carbocycles. The van der Waals surface area contributed by atoms with Crippen LogP contribution in [0.3, 0.4) is 0 Å². The standard InChI is InChI=1S/C14H21ClN2O2/c1-3-7-16-9-11-8-12(15)5-6-13(11)19-10-14(18)17-4-2/h5-6,8,16H,3-4,7,9-10H2,1-2H3,(H,17,18). The van der Waals surface area contributed by atoms with Gasteiger partial charge in [-0.25, -0.2) is 0 Å². The van der Waals surface area contributed by atoms with Gasteiger partial charge in [0.1, 0.15) is 5.75 Å². The fourth-order valence-corrected chi connectivity index (χ4v) is 1.81. The molecule has 0 radical (unpaired) electrons. The van der Waals surface area contributed by atoms with E-state index < -0.39 is 0 Å². The lowest BCUT2D eigenvalue weighted by Crippen LogP contribution is -2.28. The first-order chi connectivity index (χ1) is 9.17. The van der Waals surface area contributed by atoms with Crippen LogP contribution in [0.1, 0.15) is 25.8 Å². The van der Waals surface area contributed by atoms with Crippen LogP contribution in [0, 0.1) is 0 Å². The molecule has 1 rings (SSSR count). The monoisotopic (exact) mass is 284 g/mol. The number of hydrogen-bond donors (Lipinski definition) is 2. The van der Waals surface area contributed by atoms with Gasteiger partial charge in [0.05, 0.1) is 0 Å². The van der Waals surface area contributed by atoms with Crippen molar-refractivity contribution in [2.45, 2.75) is 26.8 Å². The second-order valence-corrected chi connectivity index (χ2v) is 4.61. The third-order valence-corrected chi connectivity index (χ3v) is 2.73. The predicted molar refractivity (Wildman–Crippen MR) is 77.6 cm³/mol. The van der Waals surface area contributed by atoms with Crippen molar-refractivity contribution in [3.63, 3.8) is 0 Å². The van der Waals surface area contributed by atoms with Crippen molar-refractivity contribution < 1.29 is 9.53 Å². The Morgan fingerprint density at radius 2 is 2.16 bits per heavy atom. The van der Waals surface area contributed by atoms with Crippen molar-refractivity contribution in [1.29, 1.82) is 0 Å². The van der Waals surface area contributed by atoms with Crippen LogP contribution in [0.25, 0.3) is 0 Å². The molecule has 0 aliphatic rings. The minimum absolute atomic E-state index is 0.0241. The highest BCUT2D eigenvalue weighted by Gasteiger charge is 2.07. The molecule has 0 unspecified atom stereocenters. The van der Waals surface area contributed by atoms with E-state index in [1.165, 1.54) is 0 Å². The van der Waals surface area contributed by atoms with Crippen LogP contribution in [-0.4, -0.2) is 25.6 Å². The minimum atomic E-state index is -0.120. The maximum Gasteiger partial charge on any atom is 0.257 e. The van der Waals surface area contributed by atoms with Crippen LogP contribution < -0.4 is 15.4 Å². The van der Waals surface area contributed by atoms with Gasteiger partial charge in [-0.2, -0.15) is 0 Å². The number of rotatable bonds is 8. The molecule has 0 atom stereocenters. The molecule has 0 heterocycles. The van der Waals surface area contributed by atoms with Crippen molar-refractivity contribution in [2.75, 3.05) is 19.7 Å². The van der Waals surface area contributed by atoms with Crippen molar-refractivity contribution in [3.8, 4) is 5.75 Å². The SMILES string of the molecule is CCCNCc1cc(Cl)ccc1OCC(=O)NCC. The van der Waals surface area contributed by atoms with Crippen molar-refractivity contribution in [1.82, 2.24) is 10.6 Å². The van der Waals surface area contributed by atoms with E-state index in [0.29, 0.717) is 23.9 Å². The first kappa shape index (κ1) is 15.8. The fourth-order valence-electron chi connectivity index (χ4n) is 1.62. The molecule has 0 aliphatic carbocycles. The highest BCUT2D eigenvalue weighted by Crippen LogP contribution is 2.22. The third-order valence-electron chi connectivity index (χ3n) is 2.50. The van der Waals surface area contributed by atoms with E-state index in [4.69, 9.17) is 16.3 Å². The number of carbonyl (C=O) groups excluding carboxylic acids is 1. The van der Waals surface area contributed by atoms with Crippen molar-refractivity contribution in [3.05, 3.63) is 28.8 Å². The lowest BCUT2D eigenvalue weighted by molar-refractivity contribution is -0.122. The zero-order chi connectivity index (χ0) is 14.1. The number of amides is 1. The van der Waals surface area contributed by atoms with Crippen LogP contribution in [0.4, 0.5) is 0 Å². The summed E-state index contributed by atoms with van der Waals surface area (Å²) in [5, 5.41) is 6.65. The van der Waals surface area contributed by atoms with E-state index in [0.717, 1.165) is 18.5 Å². The molecule has 1 aromatic rings. The van der Waals surface area contributed by atoms with Gasteiger partial charge >= 0.3 is 0 Å². The Bertz CT molecular complexity index is 410. The van der Waals surface area contributed by atoms with Gasteiger partial charge in [0.25, 0.3) is 5.91 Å². The second-order valence-electron chi connectivity index (χ2n) is 4.17. The maximum absolute atomic E-state index is 11.4. The average molecular weight is 285 g/mol. The molecule has 0 saturated heterocycles. The zero-order valence-electron chi connectivity index (χ0n) is 11.5. The Balaban J connectivity index is 2.62. The molecular weight excluding hydrogens is 264 g/mol. The number of carbonyl (C=O) groups is 1. The van der Waals surface area contributed by atoms with Gasteiger partial charge in [0, 0.05) is 23.7 Å². The largest absolute Gasteiger partial charge is 0.483 e. The van der Waals surface area contributed by atoms with Crippen molar-refractivity contribution in [2.24, 2.45) is 0 Å². The van der Waals surface area contributed by atoms with Gasteiger partial charge in [-0.3, -0.25) is 4.79 Å². The lowest BCUT2D eigenvalue weighted by Gasteiger charge is -2.12. The highest BCUT2D eigenvalue weighted by atomic mass is 35.5. The van der Waals surface area contributed by atoms with E-state index in [1.54, 1.807) is 12.1 Å². The van der Waals surface area contributed by atoms with E-state index in [1.807, 2.05) is 13.0 Å². The molecule has 2 N–H and O–H groups in total. The Kier molecular flexibility index (Phi) is 7.30. The van der Waals surface area contributed by atoms with Gasteiger partial charge < -0.3 is 15.4 Å². The van der Waals surface area contributed by atoms with E-state index >= 15 is 0 Å². The minimum Gasteiger partial charge on any atom is -0.483 e. The fraction of sp³-hybridized carbons (Fsp3) is 0.500. The maximum atomic E-state index is 11.4. The Morgan fingerprint density at radius 3 is 2.84 bits per heavy atom. The van der Waals surface area contributed by atoms with Crippen LogP contribution in [-0.2, 0) is 11.3 Å². The molecule has 0 aliphatic heterocycles. The summed E-state index contributed by atoms with van der Waals surface area (Å²) in [5.74, 6) is 0.573. The molecule has 0 aromatic heterocycles. The molecule has 0 spiro atoms. The number of ether oxygens (including phenoxy) is 1. The number of nitrogens with one attached hydrogen (secondary N) is 2. The second kappa shape index (κ2) is 8.77. The van der Waals surface area contributed by atoms with Crippen LogP contribution in [0.5, 0.6) is 5.75 Å². The quantitative estimate of drug-likeness (QED) is 0.721. The smallest absolute Gasteiger partial charge is 0.257 e. The Morgan fingerprint density at radius 1 is 1.37 bits per heavy atom. The summed E-state index contributed by atoms with van der Waals surface area (Å²) in [6, 6.07) is 5.42. The third kappa shape index (κ3) is 5.94. The summed E-state index contributed by atoms with van der Waals surface area (Å²) in [4.78, 5) is 11.4. The van der Waals surface area contributed by atoms with Crippen LogP contribution in [0.15, 0.2) is 18.2 Å². The molecule has 106 valence electrons. The highest BCUT2D eigenvalue weighted by molar-refractivity contribution is 6.30. The van der Waals surface area contributed by atoms with Crippen molar-refractivity contribution >= 4 is 17.5 Å². The number of hydrogen-bond acceptors (Lipinski definition) is 3. The molecule has 19 heavy (non-hydrogen) atoms. The first-order valence-electron chi connectivity index (χ1n) is 6.56. The van der Waals surface area contributed by atoms with E-state index in [9.17, 15) is 4.79 Å². The summed E-state index contributed by atoms with van der Waals surface area (Å²) in [6.07, 6.45) is 1.07. The Hall–Kier alpha value is -1.26. The van der Waals surface area contributed by atoms with Gasteiger partial charge in [-0.05, 0) is 38.1 Å². The predicted octanol–water partition coefficient (Wildman–Crippen LogP) is 2.35. The molecule has 0 bridgehead atoms. The van der Waals surface area contributed by atoms with E-state index in [2.05, 4.69) is 17.6 Å². The van der Waals surface area contributed by atoms with Crippen LogP contribution >= 0.6 is 11.6 Å². The summed E-state index contributed by atoms with van der Waals surface area (Å²) >= 11 is 5.98. The summed E-state index contributed by atoms with van der Waals surface area (Å²) in [5.41, 5.74) is 0.963. The topological polar surface area (TPSA) is 50.4 Å². The molecule has 4 nitrogen and oxygen atoms in total. The van der Waals surface area contributed by atoms with Gasteiger partial charge in [0.2, 0.25) is 0 Å². The Labute approximate surface area is 119 Å². The van der Waals surface area contributed by atoms with Crippen LogP contribution in [0.2, 0.25) is 5.02 Å². The summed E-state index contributed by atoms with van der Waals surface area (Å²) < 4.78 is 5.53. The molecule has 1 aromatic carbocycles. The number of benzene rings is 1. The number of halogens is 1. The van der Waals surface area contributed by atoms with Gasteiger partial charge in [-0.15, -0.1) is 0 Å². The molecule has 1 amide bonds. The van der Waals surface area contributed by atoms with E-state index in [-0.39, 0.29) is 12.5 Å². The summed E-state index contributed by atoms with van der Waals surface area (Å²) in [7, 11) is 0. The zero-order valence-corrected chi connectivity index (χ0v) is 12.2. The average Bonchev–Trinajstić information content (AvgIpc) is 2.38.